The van der Waals surface area contributed by atoms with Crippen molar-refractivity contribution in [3.05, 3.63) is 42.0 Å². The zero-order valence-electron chi connectivity index (χ0n) is 8.87. The monoisotopic (exact) mass is 203 g/mol. The van der Waals surface area contributed by atoms with Crippen molar-refractivity contribution in [2.24, 2.45) is 0 Å². The van der Waals surface area contributed by atoms with Gasteiger partial charge in [-0.2, -0.15) is 0 Å². The highest BCUT2D eigenvalue weighted by Crippen LogP contribution is 2.31. The topological polar surface area (TPSA) is 32.3 Å². The van der Waals surface area contributed by atoms with E-state index in [1.807, 2.05) is 18.2 Å². The number of hydrogen-bond donors (Lipinski definition) is 2. The van der Waals surface area contributed by atoms with Crippen LogP contribution in [0.2, 0.25) is 0 Å². The third kappa shape index (κ3) is 2.21. The molecule has 0 bridgehead atoms. The Kier molecular flexibility index (Phi) is 3.07. The lowest BCUT2D eigenvalue weighted by molar-refractivity contribution is 0.457. The van der Waals surface area contributed by atoms with E-state index in [-0.39, 0.29) is 0 Å². The van der Waals surface area contributed by atoms with E-state index in [0.29, 0.717) is 11.8 Å². The molecule has 0 radical (unpaired) electrons. The molecule has 0 heterocycles. The normalized spacial score (nSPS) is 19.6. The Balaban J connectivity index is 2.24. The third-order valence-electron chi connectivity index (χ3n) is 2.95. The number of phenolic OH excluding ortho intramolecular Hbond substituents is 1. The summed E-state index contributed by atoms with van der Waals surface area (Å²) in [7, 11) is 0. The van der Waals surface area contributed by atoms with Crippen LogP contribution in [0.1, 0.15) is 30.0 Å². The molecule has 2 nitrogen and oxygen atoms in total. The molecule has 0 spiro atoms. The van der Waals surface area contributed by atoms with Crippen LogP contribution in [0.25, 0.3) is 0 Å². The van der Waals surface area contributed by atoms with E-state index in [1.54, 1.807) is 6.07 Å². The van der Waals surface area contributed by atoms with E-state index in [2.05, 4.69) is 11.9 Å². The van der Waals surface area contributed by atoms with Crippen LogP contribution >= 0.6 is 0 Å². The zero-order valence-corrected chi connectivity index (χ0v) is 8.87. The van der Waals surface area contributed by atoms with Gasteiger partial charge in [0.05, 0.1) is 0 Å². The second-order valence-electron chi connectivity index (χ2n) is 4.02. The van der Waals surface area contributed by atoms with Gasteiger partial charge in [-0.1, -0.05) is 12.1 Å². The maximum absolute atomic E-state index is 9.48. The van der Waals surface area contributed by atoms with Crippen LogP contribution in [-0.4, -0.2) is 11.7 Å². The number of aromatic hydroxyl groups is 1. The minimum atomic E-state index is 0.362. The molecular formula is C13H17NO. The summed E-state index contributed by atoms with van der Waals surface area (Å²) in [6, 6.07) is 6.06. The van der Waals surface area contributed by atoms with Crippen molar-refractivity contribution in [3.63, 3.8) is 0 Å². The van der Waals surface area contributed by atoms with Crippen molar-refractivity contribution in [2.75, 3.05) is 6.54 Å². The van der Waals surface area contributed by atoms with Crippen LogP contribution in [0.4, 0.5) is 0 Å². The Morgan fingerprint density at radius 1 is 1.53 bits per heavy atom. The van der Waals surface area contributed by atoms with E-state index in [9.17, 15) is 5.11 Å². The third-order valence-corrected chi connectivity index (χ3v) is 2.95. The maximum atomic E-state index is 9.48. The van der Waals surface area contributed by atoms with Gasteiger partial charge in [0.1, 0.15) is 5.75 Å². The highest BCUT2D eigenvalue weighted by Gasteiger charge is 2.19. The van der Waals surface area contributed by atoms with Gasteiger partial charge in [0.15, 0.2) is 0 Å². The Bertz CT molecular complexity index is 360. The molecule has 0 aliphatic heterocycles. The quantitative estimate of drug-likeness (QED) is 0.740. The Labute approximate surface area is 90.6 Å². The van der Waals surface area contributed by atoms with Crippen molar-refractivity contribution < 1.29 is 5.11 Å². The Morgan fingerprint density at radius 3 is 3.20 bits per heavy atom. The molecule has 0 amide bonds. The molecule has 2 heteroatoms. The second-order valence-corrected chi connectivity index (χ2v) is 4.02. The molecule has 80 valence electrons. The summed E-state index contributed by atoms with van der Waals surface area (Å²) in [6.45, 7) is 4.53. The molecular weight excluding hydrogens is 186 g/mol. The molecule has 1 aliphatic carbocycles. The first-order chi connectivity index (χ1) is 7.31. The number of rotatable bonds is 3. The number of nitrogens with one attached hydrogen (secondary N) is 1. The fourth-order valence-electron chi connectivity index (χ4n) is 2.22. The van der Waals surface area contributed by atoms with Gasteiger partial charge in [-0.3, -0.25) is 0 Å². The summed E-state index contributed by atoms with van der Waals surface area (Å²) in [4.78, 5) is 0. The van der Waals surface area contributed by atoms with Gasteiger partial charge in [0.25, 0.3) is 0 Å². The fourth-order valence-corrected chi connectivity index (χ4v) is 2.22. The molecule has 1 aromatic rings. The summed E-state index contributed by atoms with van der Waals surface area (Å²) >= 11 is 0. The van der Waals surface area contributed by atoms with E-state index >= 15 is 0 Å². The van der Waals surface area contributed by atoms with Crippen molar-refractivity contribution in [3.8, 4) is 5.75 Å². The van der Waals surface area contributed by atoms with E-state index in [4.69, 9.17) is 0 Å². The summed E-state index contributed by atoms with van der Waals surface area (Å²) < 4.78 is 0. The number of aryl methyl sites for hydroxylation is 1. The summed E-state index contributed by atoms with van der Waals surface area (Å²) in [5.74, 6) is 0.362. The van der Waals surface area contributed by atoms with Crippen LogP contribution < -0.4 is 5.32 Å². The fraction of sp³-hybridized carbons (Fsp3) is 0.385. The highest BCUT2D eigenvalue weighted by molar-refractivity contribution is 5.38. The van der Waals surface area contributed by atoms with E-state index in [0.717, 1.165) is 19.4 Å². The van der Waals surface area contributed by atoms with Crippen LogP contribution in [0.5, 0.6) is 5.75 Å². The second kappa shape index (κ2) is 4.49. The molecule has 0 saturated heterocycles. The van der Waals surface area contributed by atoms with E-state index < -0.39 is 0 Å². The molecule has 0 fully saturated rings. The van der Waals surface area contributed by atoms with Gasteiger partial charge < -0.3 is 10.4 Å². The molecule has 0 aromatic heterocycles. The van der Waals surface area contributed by atoms with Crippen LogP contribution in [0.3, 0.4) is 0 Å². The average molecular weight is 203 g/mol. The van der Waals surface area contributed by atoms with E-state index in [1.165, 1.54) is 17.5 Å². The lowest BCUT2D eigenvalue weighted by Gasteiger charge is -2.26. The van der Waals surface area contributed by atoms with Gasteiger partial charge in [-0.15, -0.1) is 6.58 Å². The molecule has 1 aromatic carbocycles. The predicted octanol–water partition coefficient (Wildman–Crippen LogP) is 2.55. The van der Waals surface area contributed by atoms with Crippen molar-refractivity contribution in [1.82, 2.24) is 5.32 Å². The molecule has 1 unspecified atom stereocenters. The SMILES string of the molecule is C=CCNC1CCCc2ccc(O)cc21. The minimum absolute atomic E-state index is 0.362. The first-order valence-electron chi connectivity index (χ1n) is 5.47. The van der Waals surface area contributed by atoms with Crippen LogP contribution in [0.15, 0.2) is 30.9 Å². The number of fused-ring (bicyclic) bond motifs is 1. The Hall–Kier alpha value is -1.28. The zero-order chi connectivity index (χ0) is 10.7. The van der Waals surface area contributed by atoms with Crippen molar-refractivity contribution in [1.29, 1.82) is 0 Å². The predicted molar refractivity (Wildman–Crippen MR) is 62.0 cm³/mol. The number of phenols is 1. The largest absolute Gasteiger partial charge is 0.508 e. The van der Waals surface area contributed by atoms with Crippen molar-refractivity contribution in [2.45, 2.75) is 25.3 Å². The maximum Gasteiger partial charge on any atom is 0.115 e. The first-order valence-corrected chi connectivity index (χ1v) is 5.47. The standard InChI is InChI=1S/C13H17NO/c1-2-8-14-13-5-3-4-10-6-7-11(15)9-12(10)13/h2,6-7,9,13-15H,1,3-5,8H2. The lowest BCUT2D eigenvalue weighted by Crippen LogP contribution is -2.25. The van der Waals surface area contributed by atoms with Gasteiger partial charge in [0.2, 0.25) is 0 Å². The smallest absolute Gasteiger partial charge is 0.115 e. The van der Waals surface area contributed by atoms with Gasteiger partial charge in [-0.25, -0.2) is 0 Å². The van der Waals surface area contributed by atoms with Crippen LogP contribution in [0, 0.1) is 0 Å². The molecule has 1 aliphatic rings. The molecule has 2 N–H and O–H groups in total. The molecule has 2 rings (SSSR count). The minimum Gasteiger partial charge on any atom is -0.508 e. The summed E-state index contributed by atoms with van der Waals surface area (Å²) in [5.41, 5.74) is 2.61. The average Bonchev–Trinajstić information content (AvgIpc) is 2.26. The number of benzene rings is 1. The van der Waals surface area contributed by atoms with Gasteiger partial charge in [0, 0.05) is 12.6 Å². The Morgan fingerprint density at radius 2 is 2.40 bits per heavy atom. The van der Waals surface area contributed by atoms with Gasteiger partial charge in [-0.05, 0) is 42.5 Å². The molecule has 1 atom stereocenters. The summed E-state index contributed by atoms with van der Waals surface area (Å²) in [5, 5.41) is 12.9. The lowest BCUT2D eigenvalue weighted by atomic mass is 9.87. The van der Waals surface area contributed by atoms with Crippen molar-refractivity contribution >= 4 is 0 Å². The first kappa shape index (κ1) is 10.2. The molecule has 0 saturated carbocycles. The van der Waals surface area contributed by atoms with Crippen LogP contribution in [-0.2, 0) is 6.42 Å². The van der Waals surface area contributed by atoms with Gasteiger partial charge >= 0.3 is 0 Å². The highest BCUT2D eigenvalue weighted by atomic mass is 16.3. The number of hydrogen-bond acceptors (Lipinski definition) is 2. The summed E-state index contributed by atoms with van der Waals surface area (Å²) in [6.07, 6.45) is 5.36. The molecule has 15 heavy (non-hydrogen) atoms.